The Balaban J connectivity index is 1.37. The maximum atomic E-state index is 13.6. The highest BCUT2D eigenvalue weighted by Gasteiger charge is 2.27. The second-order valence-corrected chi connectivity index (χ2v) is 10.0. The highest BCUT2D eigenvalue weighted by molar-refractivity contribution is 6.31. The zero-order valence-corrected chi connectivity index (χ0v) is 21.5. The molecule has 1 unspecified atom stereocenters. The van der Waals surface area contributed by atoms with Crippen LogP contribution in [0.4, 0.5) is 15.9 Å². The van der Waals surface area contributed by atoms with Gasteiger partial charge in [-0.2, -0.15) is 0 Å². The third-order valence-corrected chi connectivity index (χ3v) is 7.29. The van der Waals surface area contributed by atoms with Crippen molar-refractivity contribution in [1.29, 1.82) is 0 Å². The lowest BCUT2D eigenvalue weighted by atomic mass is 10.1. The Morgan fingerprint density at radius 3 is 2.73 bits per heavy atom. The molecule has 2 heterocycles. The normalized spacial score (nSPS) is 17.9. The lowest BCUT2D eigenvalue weighted by Crippen LogP contribution is -2.35. The van der Waals surface area contributed by atoms with Gasteiger partial charge in [-0.1, -0.05) is 24.4 Å². The van der Waals surface area contributed by atoms with Crippen LogP contribution < -0.4 is 14.8 Å². The molecule has 0 radical (unpaired) electrons. The molecular formula is C27H30ClFN4O4. The van der Waals surface area contributed by atoms with Crippen molar-refractivity contribution < 1.29 is 23.4 Å². The number of rotatable bonds is 10. The van der Waals surface area contributed by atoms with Crippen LogP contribution in [-0.2, 0) is 9.53 Å². The average Bonchev–Trinajstić information content (AvgIpc) is 3.57. The summed E-state index contributed by atoms with van der Waals surface area (Å²) >= 11 is 5.96. The Bertz CT molecular complexity index is 1270. The highest BCUT2D eigenvalue weighted by atomic mass is 35.5. The molecule has 1 saturated heterocycles. The molecule has 3 aromatic rings. The molecule has 2 aromatic carbocycles. The van der Waals surface area contributed by atoms with Crippen LogP contribution in [0.1, 0.15) is 32.1 Å². The van der Waals surface area contributed by atoms with Gasteiger partial charge in [-0.15, -0.1) is 0 Å². The van der Waals surface area contributed by atoms with E-state index >= 15 is 0 Å². The summed E-state index contributed by atoms with van der Waals surface area (Å²) in [5, 5.41) is 3.98. The van der Waals surface area contributed by atoms with Crippen LogP contribution in [0.25, 0.3) is 10.9 Å². The van der Waals surface area contributed by atoms with Crippen LogP contribution >= 0.6 is 11.6 Å². The van der Waals surface area contributed by atoms with Crippen molar-refractivity contribution in [2.24, 2.45) is 5.92 Å². The van der Waals surface area contributed by atoms with Crippen LogP contribution in [0, 0.1) is 11.7 Å². The summed E-state index contributed by atoms with van der Waals surface area (Å²) in [4.78, 5) is 22.3. The topological polar surface area (TPSA) is 85.8 Å². The van der Waals surface area contributed by atoms with E-state index in [1.807, 2.05) is 19.2 Å². The number of aromatic nitrogens is 2. The van der Waals surface area contributed by atoms with Crippen molar-refractivity contribution >= 4 is 40.0 Å². The minimum Gasteiger partial charge on any atom is -0.489 e. The lowest BCUT2D eigenvalue weighted by molar-refractivity contribution is -0.137. The van der Waals surface area contributed by atoms with E-state index in [1.165, 1.54) is 31.3 Å². The van der Waals surface area contributed by atoms with Gasteiger partial charge in [0.25, 0.3) is 0 Å². The molecule has 10 heteroatoms. The van der Waals surface area contributed by atoms with E-state index in [2.05, 4.69) is 20.2 Å². The molecule has 0 spiro atoms. The van der Waals surface area contributed by atoms with E-state index in [4.69, 9.17) is 25.8 Å². The number of nitrogens with one attached hydrogen (secondary N) is 1. The van der Waals surface area contributed by atoms with Gasteiger partial charge in [0.05, 0.1) is 29.6 Å². The minimum absolute atomic E-state index is 0.0261. The summed E-state index contributed by atoms with van der Waals surface area (Å²) in [7, 11) is 1.96. The molecule has 8 nitrogen and oxygen atoms in total. The number of esters is 1. The van der Waals surface area contributed by atoms with Crippen molar-refractivity contribution in [1.82, 2.24) is 14.9 Å². The van der Waals surface area contributed by atoms with Gasteiger partial charge in [0.1, 0.15) is 31.2 Å². The van der Waals surface area contributed by atoms with Crippen LogP contribution in [0.3, 0.4) is 0 Å². The number of anilines is 2. The Kier molecular flexibility index (Phi) is 7.90. The largest absolute Gasteiger partial charge is 0.489 e. The summed E-state index contributed by atoms with van der Waals surface area (Å²) in [6, 6.07) is 8.22. The average molecular weight is 529 g/mol. The van der Waals surface area contributed by atoms with Crippen molar-refractivity contribution in [3.05, 3.63) is 47.5 Å². The summed E-state index contributed by atoms with van der Waals surface area (Å²) < 4.78 is 31.2. The Morgan fingerprint density at radius 2 is 1.97 bits per heavy atom. The molecule has 2 aliphatic rings. The fourth-order valence-corrected chi connectivity index (χ4v) is 4.93. The van der Waals surface area contributed by atoms with Gasteiger partial charge in [-0.05, 0) is 50.1 Å². The predicted molar refractivity (Wildman–Crippen MR) is 139 cm³/mol. The number of hydrogen-bond acceptors (Lipinski definition) is 8. The molecule has 37 heavy (non-hydrogen) atoms. The monoisotopic (exact) mass is 528 g/mol. The van der Waals surface area contributed by atoms with Crippen molar-refractivity contribution in [2.75, 3.05) is 38.7 Å². The van der Waals surface area contributed by atoms with Crippen LogP contribution in [0.2, 0.25) is 5.02 Å². The fourth-order valence-electron chi connectivity index (χ4n) is 4.75. The second-order valence-electron chi connectivity index (χ2n) is 9.62. The first-order valence-electron chi connectivity index (χ1n) is 12.6. The third-order valence-electron chi connectivity index (χ3n) is 7.00. The van der Waals surface area contributed by atoms with Gasteiger partial charge >= 0.3 is 5.97 Å². The molecule has 1 saturated carbocycles. The molecule has 196 valence electrons. The van der Waals surface area contributed by atoms with Crippen molar-refractivity contribution in [2.45, 2.75) is 38.1 Å². The summed E-state index contributed by atoms with van der Waals surface area (Å²) in [5.41, 5.74) is 1.29. The Morgan fingerprint density at radius 1 is 1.16 bits per heavy atom. The highest BCUT2D eigenvalue weighted by Crippen LogP contribution is 2.36. The zero-order valence-electron chi connectivity index (χ0n) is 20.7. The van der Waals surface area contributed by atoms with E-state index in [0.29, 0.717) is 67.2 Å². The number of hydrogen-bond donors (Lipinski definition) is 1. The van der Waals surface area contributed by atoms with E-state index in [-0.39, 0.29) is 17.0 Å². The maximum absolute atomic E-state index is 13.6. The van der Waals surface area contributed by atoms with Gasteiger partial charge in [0.2, 0.25) is 0 Å². The molecule has 1 N–H and O–H groups in total. The molecular weight excluding hydrogens is 499 g/mol. The first kappa shape index (κ1) is 25.5. The number of ether oxygens (including phenoxy) is 3. The second kappa shape index (κ2) is 11.5. The standard InChI is InChI=1S/C27H30ClFN4O4/c1-33(19-11-26(34)37-15-19)8-9-35-25-13-23-20(12-24(25)36-14-17-4-2-3-5-17)27(31-16-30-23)32-18-6-7-22(29)21(28)10-18/h6-7,10,12-13,16-17,19H,2-5,8-9,11,14-15H2,1H3,(H,30,31,32). The number of likely N-dealkylation sites (N-methyl/N-ethyl adjacent to an activating group) is 1. The van der Waals surface area contributed by atoms with Crippen LogP contribution in [0.5, 0.6) is 11.5 Å². The molecule has 0 amide bonds. The van der Waals surface area contributed by atoms with Gasteiger partial charge in [0, 0.05) is 23.7 Å². The fraction of sp³-hybridized carbons (Fsp3) is 0.444. The number of carbonyl (C=O) groups excluding carboxylic acids is 1. The SMILES string of the molecule is CN(CCOc1cc2ncnc(Nc3ccc(F)c(Cl)c3)c2cc1OCC1CCCC1)C1COC(=O)C1. The molecule has 1 atom stereocenters. The van der Waals surface area contributed by atoms with Crippen molar-refractivity contribution in [3.8, 4) is 11.5 Å². The van der Waals surface area contributed by atoms with E-state index in [0.717, 1.165) is 18.2 Å². The first-order chi connectivity index (χ1) is 18.0. The van der Waals surface area contributed by atoms with Crippen LogP contribution in [-0.4, -0.2) is 60.3 Å². The van der Waals surface area contributed by atoms with E-state index in [1.54, 1.807) is 6.07 Å². The van der Waals surface area contributed by atoms with Gasteiger partial charge in [0.15, 0.2) is 11.5 Å². The van der Waals surface area contributed by atoms with Gasteiger partial charge in [-0.3, -0.25) is 9.69 Å². The predicted octanol–water partition coefficient (Wildman–Crippen LogP) is 5.36. The lowest BCUT2D eigenvalue weighted by Gasteiger charge is -2.22. The van der Waals surface area contributed by atoms with E-state index in [9.17, 15) is 9.18 Å². The summed E-state index contributed by atoms with van der Waals surface area (Å²) in [5.74, 6) is 1.66. The summed E-state index contributed by atoms with van der Waals surface area (Å²) in [6.45, 7) is 2.07. The summed E-state index contributed by atoms with van der Waals surface area (Å²) in [6.07, 6.45) is 6.65. The zero-order chi connectivity index (χ0) is 25.8. The number of benzene rings is 2. The Labute approximate surface area is 220 Å². The molecule has 1 aliphatic carbocycles. The third kappa shape index (κ3) is 6.22. The molecule has 1 aromatic heterocycles. The number of fused-ring (bicyclic) bond motifs is 1. The van der Waals surface area contributed by atoms with E-state index < -0.39 is 5.82 Å². The number of halogens is 2. The van der Waals surface area contributed by atoms with Gasteiger partial charge in [-0.25, -0.2) is 14.4 Å². The molecule has 1 aliphatic heterocycles. The Hall–Kier alpha value is -3.17. The molecule has 2 fully saturated rings. The van der Waals surface area contributed by atoms with Crippen LogP contribution in [0.15, 0.2) is 36.7 Å². The molecule has 0 bridgehead atoms. The first-order valence-corrected chi connectivity index (χ1v) is 13.0. The molecule has 5 rings (SSSR count). The minimum atomic E-state index is -0.484. The number of cyclic esters (lactones) is 1. The smallest absolute Gasteiger partial charge is 0.307 e. The number of nitrogens with zero attached hydrogens (tertiary/aromatic N) is 3. The van der Waals surface area contributed by atoms with Gasteiger partial charge < -0.3 is 19.5 Å². The maximum Gasteiger partial charge on any atom is 0.307 e. The van der Waals surface area contributed by atoms with Crippen molar-refractivity contribution in [3.63, 3.8) is 0 Å². The number of carbonyl (C=O) groups is 1. The quantitative estimate of drug-likeness (QED) is 0.352.